The molecule has 1 N–H and O–H groups in total. The van der Waals surface area contributed by atoms with Gasteiger partial charge in [0.15, 0.2) is 0 Å². The van der Waals surface area contributed by atoms with Gasteiger partial charge in [-0.3, -0.25) is 14.9 Å². The number of nitro benzene ring substituents is 1. The molecular formula is C16H23N3O4. The van der Waals surface area contributed by atoms with Crippen molar-refractivity contribution in [2.45, 2.75) is 19.8 Å². The summed E-state index contributed by atoms with van der Waals surface area (Å²) < 4.78 is 5.09. The van der Waals surface area contributed by atoms with E-state index in [4.69, 9.17) is 4.74 Å². The number of amides is 1. The van der Waals surface area contributed by atoms with E-state index in [2.05, 4.69) is 12.2 Å². The molecule has 0 bridgehead atoms. The third-order valence-corrected chi connectivity index (χ3v) is 4.22. The van der Waals surface area contributed by atoms with Crippen LogP contribution in [0.2, 0.25) is 0 Å². The van der Waals surface area contributed by atoms with Gasteiger partial charge in [0.05, 0.1) is 12.0 Å². The highest BCUT2D eigenvalue weighted by Gasteiger charge is 2.28. The summed E-state index contributed by atoms with van der Waals surface area (Å²) in [5.41, 5.74) is -0.0787. The van der Waals surface area contributed by atoms with E-state index in [0.29, 0.717) is 24.8 Å². The number of rotatable bonds is 6. The lowest BCUT2D eigenvalue weighted by molar-refractivity contribution is -0.385. The Morgan fingerprint density at radius 1 is 1.43 bits per heavy atom. The van der Waals surface area contributed by atoms with Crippen LogP contribution in [-0.2, 0) is 0 Å². The van der Waals surface area contributed by atoms with Gasteiger partial charge < -0.3 is 15.0 Å². The highest BCUT2D eigenvalue weighted by molar-refractivity contribution is 5.98. The van der Waals surface area contributed by atoms with Crippen molar-refractivity contribution in [1.82, 2.24) is 10.2 Å². The number of carbonyl (C=O) groups excluding carboxylic acids is 1. The van der Waals surface area contributed by atoms with E-state index in [1.165, 1.54) is 25.3 Å². The van der Waals surface area contributed by atoms with Crippen LogP contribution in [0, 0.1) is 16.0 Å². The van der Waals surface area contributed by atoms with Crippen molar-refractivity contribution in [2.75, 3.05) is 33.3 Å². The quantitative estimate of drug-likeness (QED) is 0.640. The van der Waals surface area contributed by atoms with Crippen LogP contribution in [0.5, 0.6) is 5.75 Å². The average molecular weight is 321 g/mol. The zero-order valence-electron chi connectivity index (χ0n) is 13.6. The minimum Gasteiger partial charge on any atom is -0.497 e. The number of hydrogen-bond acceptors (Lipinski definition) is 5. The average Bonchev–Trinajstić information content (AvgIpc) is 2.59. The predicted octanol–water partition coefficient (Wildman–Crippen LogP) is 2.07. The summed E-state index contributed by atoms with van der Waals surface area (Å²) in [6, 6.07) is 4.27. The zero-order valence-corrected chi connectivity index (χ0v) is 13.6. The maximum absolute atomic E-state index is 12.7. The lowest BCUT2D eigenvalue weighted by Crippen LogP contribution is -2.41. The standard InChI is InChI=1S/C16H23N3O4/c1-3-17-11-12-6-8-18(9-7-12)16(20)14-10-13(23-2)4-5-15(14)19(21)22/h4-5,10,12,17H,3,6-9,11H2,1-2H3. The summed E-state index contributed by atoms with van der Waals surface area (Å²) in [5.74, 6) is 0.706. The highest BCUT2D eigenvalue weighted by atomic mass is 16.6. The van der Waals surface area contributed by atoms with E-state index >= 15 is 0 Å². The molecular weight excluding hydrogens is 298 g/mol. The smallest absolute Gasteiger partial charge is 0.282 e. The van der Waals surface area contributed by atoms with Crippen LogP contribution in [0.15, 0.2) is 18.2 Å². The number of hydrogen-bond donors (Lipinski definition) is 1. The summed E-state index contributed by atoms with van der Waals surface area (Å²) >= 11 is 0. The van der Waals surface area contributed by atoms with Gasteiger partial charge in [0.1, 0.15) is 11.3 Å². The lowest BCUT2D eigenvalue weighted by Gasteiger charge is -2.32. The molecule has 0 atom stereocenters. The fourth-order valence-corrected chi connectivity index (χ4v) is 2.83. The Morgan fingerprint density at radius 2 is 2.13 bits per heavy atom. The summed E-state index contributed by atoms with van der Waals surface area (Å²) in [6.45, 7) is 5.22. The molecule has 2 rings (SSSR count). The van der Waals surface area contributed by atoms with Crippen molar-refractivity contribution < 1.29 is 14.5 Å². The Morgan fingerprint density at radius 3 is 2.70 bits per heavy atom. The number of ether oxygens (including phenoxy) is 1. The second-order valence-electron chi connectivity index (χ2n) is 5.68. The molecule has 1 aromatic rings. The molecule has 1 heterocycles. The second kappa shape index (κ2) is 7.92. The van der Waals surface area contributed by atoms with E-state index in [1.54, 1.807) is 4.90 Å². The molecule has 23 heavy (non-hydrogen) atoms. The molecule has 0 aromatic heterocycles. The van der Waals surface area contributed by atoms with E-state index < -0.39 is 4.92 Å². The van der Waals surface area contributed by atoms with Gasteiger partial charge in [-0.25, -0.2) is 0 Å². The largest absolute Gasteiger partial charge is 0.497 e. The third kappa shape index (κ3) is 4.19. The van der Waals surface area contributed by atoms with Gasteiger partial charge in [-0.2, -0.15) is 0 Å². The molecule has 7 heteroatoms. The molecule has 7 nitrogen and oxygen atoms in total. The van der Waals surface area contributed by atoms with Gasteiger partial charge >= 0.3 is 0 Å². The Balaban J connectivity index is 2.10. The van der Waals surface area contributed by atoms with Crippen LogP contribution in [0.4, 0.5) is 5.69 Å². The first-order valence-electron chi connectivity index (χ1n) is 7.89. The SMILES string of the molecule is CCNCC1CCN(C(=O)c2cc(OC)ccc2[N+](=O)[O-])CC1. The number of methoxy groups -OCH3 is 1. The van der Waals surface area contributed by atoms with Crippen LogP contribution in [0.1, 0.15) is 30.1 Å². The molecule has 0 unspecified atom stereocenters. The fourth-order valence-electron chi connectivity index (χ4n) is 2.83. The first-order valence-corrected chi connectivity index (χ1v) is 7.89. The second-order valence-corrected chi connectivity index (χ2v) is 5.68. The minimum absolute atomic E-state index is 0.0967. The van der Waals surface area contributed by atoms with Gasteiger partial charge in [-0.15, -0.1) is 0 Å². The van der Waals surface area contributed by atoms with Crippen LogP contribution in [0.3, 0.4) is 0 Å². The summed E-state index contributed by atoms with van der Waals surface area (Å²) in [4.78, 5) is 25.0. The zero-order chi connectivity index (χ0) is 16.8. The van der Waals surface area contributed by atoms with Crippen molar-refractivity contribution >= 4 is 11.6 Å². The topological polar surface area (TPSA) is 84.7 Å². The molecule has 1 aliphatic rings. The molecule has 1 aromatic carbocycles. The maximum Gasteiger partial charge on any atom is 0.282 e. The van der Waals surface area contributed by atoms with Gasteiger partial charge in [-0.1, -0.05) is 6.92 Å². The first kappa shape index (κ1) is 17.2. The number of carbonyl (C=O) groups is 1. The molecule has 0 radical (unpaired) electrons. The van der Waals surface area contributed by atoms with E-state index in [9.17, 15) is 14.9 Å². The lowest BCUT2D eigenvalue weighted by atomic mass is 9.96. The predicted molar refractivity (Wildman–Crippen MR) is 86.8 cm³/mol. The van der Waals surface area contributed by atoms with Crippen molar-refractivity contribution in [3.63, 3.8) is 0 Å². The van der Waals surface area contributed by atoms with Crippen LogP contribution >= 0.6 is 0 Å². The van der Waals surface area contributed by atoms with Crippen molar-refractivity contribution in [2.24, 2.45) is 5.92 Å². The highest BCUT2D eigenvalue weighted by Crippen LogP contribution is 2.27. The van der Waals surface area contributed by atoms with Crippen molar-refractivity contribution in [3.05, 3.63) is 33.9 Å². The Labute approximate surface area is 135 Å². The molecule has 1 aliphatic heterocycles. The number of nitro groups is 1. The van der Waals surface area contributed by atoms with Gasteiger partial charge in [0, 0.05) is 19.2 Å². The van der Waals surface area contributed by atoms with E-state index in [0.717, 1.165) is 25.9 Å². The summed E-state index contributed by atoms with van der Waals surface area (Å²) in [7, 11) is 1.47. The Hall–Kier alpha value is -2.15. The van der Waals surface area contributed by atoms with Gasteiger partial charge in [-0.05, 0) is 44.0 Å². The minimum atomic E-state index is -0.523. The Bertz CT molecular complexity index is 568. The normalized spacial score (nSPS) is 15.5. The fraction of sp³-hybridized carbons (Fsp3) is 0.562. The van der Waals surface area contributed by atoms with E-state index in [1.807, 2.05) is 0 Å². The van der Waals surface area contributed by atoms with Crippen molar-refractivity contribution in [1.29, 1.82) is 0 Å². The molecule has 0 aliphatic carbocycles. The van der Waals surface area contributed by atoms with E-state index in [-0.39, 0.29) is 17.2 Å². The maximum atomic E-state index is 12.7. The van der Waals surface area contributed by atoms with Gasteiger partial charge in [0.25, 0.3) is 11.6 Å². The van der Waals surface area contributed by atoms with Crippen LogP contribution in [-0.4, -0.2) is 49.0 Å². The Kier molecular flexibility index (Phi) is 5.92. The molecule has 0 spiro atoms. The van der Waals surface area contributed by atoms with Crippen LogP contribution in [0.25, 0.3) is 0 Å². The van der Waals surface area contributed by atoms with Crippen molar-refractivity contribution in [3.8, 4) is 5.75 Å². The summed E-state index contributed by atoms with van der Waals surface area (Å²) in [5, 5.41) is 14.5. The molecule has 1 fully saturated rings. The van der Waals surface area contributed by atoms with Crippen LogP contribution < -0.4 is 10.1 Å². The molecule has 1 saturated heterocycles. The number of piperidine rings is 1. The number of likely N-dealkylation sites (tertiary alicyclic amines) is 1. The van der Waals surface area contributed by atoms with Gasteiger partial charge in [0.2, 0.25) is 0 Å². The third-order valence-electron chi connectivity index (χ3n) is 4.22. The molecule has 0 saturated carbocycles. The summed E-state index contributed by atoms with van der Waals surface area (Å²) in [6.07, 6.45) is 1.83. The molecule has 126 valence electrons. The number of benzene rings is 1. The number of nitrogens with one attached hydrogen (secondary N) is 1. The molecule has 1 amide bonds. The first-order chi connectivity index (χ1) is 11.1. The monoisotopic (exact) mass is 321 g/mol. The number of nitrogens with zero attached hydrogens (tertiary/aromatic N) is 2.